The van der Waals surface area contributed by atoms with Crippen LogP contribution in [0.3, 0.4) is 0 Å². The molecule has 0 fully saturated rings. The van der Waals surface area contributed by atoms with E-state index in [9.17, 15) is 4.79 Å². The average Bonchev–Trinajstić information content (AvgIpc) is 1.88. The van der Waals surface area contributed by atoms with Crippen LogP contribution in [0.15, 0.2) is 29.3 Å². The van der Waals surface area contributed by atoms with Gasteiger partial charge in [0.05, 0.1) is 0 Å². The van der Waals surface area contributed by atoms with Crippen LogP contribution < -0.4 is 0 Å². The van der Waals surface area contributed by atoms with Crippen LogP contribution in [0.4, 0.5) is 0 Å². The molecule has 0 aromatic heterocycles. The highest BCUT2D eigenvalue weighted by Crippen LogP contribution is 1.92. The maximum atomic E-state index is 10.5. The predicted octanol–water partition coefficient (Wildman–Crippen LogP) is 1.39. The number of Topliss-reactive ketones (excluding diaryl/α,β-unsaturated/α-hetero) is 1. The van der Waals surface area contributed by atoms with E-state index in [0.717, 1.165) is 0 Å². The average molecular weight is 137 g/mol. The Morgan fingerprint density at radius 1 is 1.60 bits per heavy atom. The number of nitrogens with zero attached hydrogens (tertiary/aromatic N) is 1. The molecule has 0 rings (SSSR count). The summed E-state index contributed by atoms with van der Waals surface area (Å²) >= 11 is 0. The molecular weight excluding hydrogens is 126 g/mol. The number of carbonyl (C=O) groups excluding carboxylic acids is 1. The smallest absolute Gasteiger partial charge is 0.159 e. The van der Waals surface area contributed by atoms with Crippen LogP contribution in [0.2, 0.25) is 0 Å². The second kappa shape index (κ2) is 4.68. The van der Waals surface area contributed by atoms with Gasteiger partial charge < -0.3 is 0 Å². The van der Waals surface area contributed by atoms with E-state index in [1.54, 1.807) is 25.4 Å². The van der Waals surface area contributed by atoms with Crippen LogP contribution in [0.5, 0.6) is 0 Å². The Labute approximate surface area is 61.0 Å². The first kappa shape index (κ1) is 8.82. The van der Waals surface area contributed by atoms with Gasteiger partial charge in [-0.3, -0.25) is 9.79 Å². The van der Waals surface area contributed by atoms with Crippen molar-refractivity contribution in [2.75, 3.05) is 7.05 Å². The molecule has 0 heterocycles. The Hall–Kier alpha value is -1.18. The van der Waals surface area contributed by atoms with Gasteiger partial charge in [-0.05, 0) is 13.0 Å². The number of allylic oxidation sites excluding steroid dienone is 3. The van der Waals surface area contributed by atoms with Crippen molar-refractivity contribution in [3.8, 4) is 0 Å². The molecule has 2 nitrogen and oxygen atoms in total. The van der Waals surface area contributed by atoms with Gasteiger partial charge in [0.25, 0.3) is 0 Å². The zero-order valence-electron chi connectivity index (χ0n) is 6.29. The molecule has 0 atom stereocenters. The molecule has 0 amide bonds. The topological polar surface area (TPSA) is 29.4 Å². The summed E-state index contributed by atoms with van der Waals surface area (Å²) in [5.74, 6) is -0.0132. The third kappa shape index (κ3) is 3.78. The quantitative estimate of drug-likeness (QED) is 0.328. The minimum Gasteiger partial charge on any atom is -0.297 e. The van der Waals surface area contributed by atoms with E-state index in [1.165, 1.54) is 6.92 Å². The van der Waals surface area contributed by atoms with Crippen molar-refractivity contribution in [2.45, 2.75) is 6.92 Å². The summed E-state index contributed by atoms with van der Waals surface area (Å²) in [4.78, 5) is 14.2. The number of carbonyl (C=O) groups is 1. The lowest BCUT2D eigenvalue weighted by Crippen LogP contribution is -1.89. The third-order valence-electron chi connectivity index (χ3n) is 0.985. The number of ketones is 1. The van der Waals surface area contributed by atoms with E-state index in [-0.39, 0.29) is 5.78 Å². The molecule has 0 saturated carbocycles. The lowest BCUT2D eigenvalue weighted by atomic mass is 10.2. The van der Waals surface area contributed by atoms with Crippen molar-refractivity contribution >= 4 is 12.0 Å². The standard InChI is InChI=1S/C8H11NO/c1-7(8(2)10)5-4-6-9-3/h4-6H,1H2,2-3H3/b5-4-,9-6-. The van der Waals surface area contributed by atoms with Crippen LogP contribution >= 0.6 is 0 Å². The van der Waals surface area contributed by atoms with Crippen molar-refractivity contribution in [3.63, 3.8) is 0 Å². The summed E-state index contributed by atoms with van der Waals surface area (Å²) in [5, 5.41) is 0. The number of aliphatic imine (C=N–C) groups is 1. The second-order valence-electron chi connectivity index (χ2n) is 1.85. The lowest BCUT2D eigenvalue weighted by molar-refractivity contribution is -0.113. The van der Waals surface area contributed by atoms with Crippen LogP contribution in [-0.2, 0) is 4.79 Å². The van der Waals surface area contributed by atoms with E-state index in [1.807, 2.05) is 0 Å². The van der Waals surface area contributed by atoms with E-state index < -0.39 is 0 Å². The Bertz CT molecular complexity index is 189. The Morgan fingerprint density at radius 2 is 2.20 bits per heavy atom. The highest BCUT2D eigenvalue weighted by Gasteiger charge is 1.91. The van der Waals surface area contributed by atoms with Crippen LogP contribution in [0.1, 0.15) is 6.92 Å². The van der Waals surface area contributed by atoms with Crippen molar-refractivity contribution in [3.05, 3.63) is 24.3 Å². The van der Waals surface area contributed by atoms with Crippen LogP contribution in [0, 0.1) is 0 Å². The molecular formula is C8H11NO. The van der Waals surface area contributed by atoms with E-state index in [2.05, 4.69) is 11.6 Å². The lowest BCUT2D eigenvalue weighted by Gasteiger charge is -1.86. The highest BCUT2D eigenvalue weighted by atomic mass is 16.1. The first-order chi connectivity index (χ1) is 4.68. The fourth-order valence-electron chi connectivity index (χ4n) is 0.363. The Morgan fingerprint density at radius 3 is 2.60 bits per heavy atom. The molecule has 0 bridgehead atoms. The molecule has 2 heteroatoms. The first-order valence-corrected chi connectivity index (χ1v) is 2.97. The SMILES string of the molecule is C=C(/C=C\C=N/C)C(C)=O. The molecule has 0 unspecified atom stereocenters. The summed E-state index contributed by atoms with van der Waals surface area (Å²) < 4.78 is 0. The minimum atomic E-state index is -0.0132. The zero-order chi connectivity index (χ0) is 7.98. The number of hydrogen-bond donors (Lipinski definition) is 0. The molecule has 0 aliphatic carbocycles. The molecule has 0 saturated heterocycles. The fraction of sp³-hybridized carbons (Fsp3) is 0.250. The normalized spacial score (nSPS) is 11.0. The maximum Gasteiger partial charge on any atom is 0.159 e. The van der Waals surface area contributed by atoms with Crippen molar-refractivity contribution in [1.82, 2.24) is 0 Å². The highest BCUT2D eigenvalue weighted by molar-refractivity contribution is 5.96. The number of rotatable bonds is 3. The molecule has 0 aliphatic heterocycles. The van der Waals surface area contributed by atoms with Crippen molar-refractivity contribution < 1.29 is 4.79 Å². The third-order valence-corrected chi connectivity index (χ3v) is 0.985. The van der Waals surface area contributed by atoms with Crippen LogP contribution in [0.25, 0.3) is 0 Å². The van der Waals surface area contributed by atoms with Gasteiger partial charge in [0.1, 0.15) is 0 Å². The first-order valence-electron chi connectivity index (χ1n) is 2.97. The Balaban J connectivity index is 3.90. The molecule has 0 N–H and O–H groups in total. The largest absolute Gasteiger partial charge is 0.297 e. The Kier molecular flexibility index (Phi) is 4.12. The van der Waals surface area contributed by atoms with Gasteiger partial charge in [-0.2, -0.15) is 0 Å². The van der Waals surface area contributed by atoms with E-state index >= 15 is 0 Å². The van der Waals surface area contributed by atoms with Gasteiger partial charge in [-0.25, -0.2) is 0 Å². The summed E-state index contributed by atoms with van der Waals surface area (Å²) in [6.45, 7) is 5.01. The van der Waals surface area contributed by atoms with Crippen molar-refractivity contribution in [2.24, 2.45) is 4.99 Å². The predicted molar refractivity (Wildman–Crippen MR) is 43.4 cm³/mol. The molecule has 0 spiro atoms. The summed E-state index contributed by atoms with van der Waals surface area (Å²) in [6.07, 6.45) is 4.92. The van der Waals surface area contributed by atoms with Gasteiger partial charge >= 0.3 is 0 Å². The van der Waals surface area contributed by atoms with Crippen LogP contribution in [-0.4, -0.2) is 19.0 Å². The summed E-state index contributed by atoms with van der Waals surface area (Å²) in [6, 6.07) is 0. The van der Waals surface area contributed by atoms with Gasteiger partial charge in [0.2, 0.25) is 0 Å². The molecule has 0 radical (unpaired) electrons. The molecule has 0 aromatic carbocycles. The van der Waals surface area contributed by atoms with E-state index in [4.69, 9.17) is 0 Å². The van der Waals surface area contributed by atoms with Gasteiger partial charge in [-0.1, -0.05) is 12.7 Å². The van der Waals surface area contributed by atoms with E-state index in [0.29, 0.717) is 5.57 Å². The fourth-order valence-corrected chi connectivity index (χ4v) is 0.363. The molecule has 10 heavy (non-hydrogen) atoms. The van der Waals surface area contributed by atoms with Gasteiger partial charge in [0, 0.05) is 18.8 Å². The minimum absolute atomic E-state index is 0.0132. The second-order valence-corrected chi connectivity index (χ2v) is 1.85. The summed E-state index contributed by atoms with van der Waals surface area (Å²) in [5.41, 5.74) is 0.500. The van der Waals surface area contributed by atoms with Gasteiger partial charge in [0.15, 0.2) is 5.78 Å². The van der Waals surface area contributed by atoms with Gasteiger partial charge in [-0.15, -0.1) is 0 Å². The van der Waals surface area contributed by atoms with Crippen molar-refractivity contribution in [1.29, 1.82) is 0 Å². The maximum absolute atomic E-state index is 10.5. The molecule has 54 valence electrons. The monoisotopic (exact) mass is 137 g/mol. The molecule has 0 aromatic rings. The number of hydrogen-bond acceptors (Lipinski definition) is 2. The molecule has 0 aliphatic rings. The summed E-state index contributed by atoms with van der Waals surface area (Å²) in [7, 11) is 1.67. The zero-order valence-corrected chi connectivity index (χ0v) is 6.29.